The third-order valence-electron chi connectivity index (χ3n) is 6.78. The second-order valence-electron chi connectivity index (χ2n) is 9.19. The minimum Gasteiger partial charge on any atom is -0.395 e. The van der Waals surface area contributed by atoms with Gasteiger partial charge in [-0.25, -0.2) is 9.53 Å². The van der Waals surface area contributed by atoms with Gasteiger partial charge in [0.25, 0.3) is 5.56 Å². The summed E-state index contributed by atoms with van der Waals surface area (Å²) >= 11 is 0. The fourth-order valence-corrected chi connectivity index (χ4v) is 4.95. The Bertz CT molecular complexity index is 1890. The van der Waals surface area contributed by atoms with Crippen molar-refractivity contribution in [2.24, 2.45) is 0 Å². The first-order valence-corrected chi connectivity index (χ1v) is 12.4. The first kappa shape index (κ1) is 25.1. The minimum atomic E-state index is -3.77. The number of ether oxygens (including phenoxy) is 2. The maximum absolute atomic E-state index is 13.7. The largest absolute Gasteiger partial charge is 0.586 e. The molecule has 0 atom stereocenters. The van der Waals surface area contributed by atoms with Gasteiger partial charge in [0.2, 0.25) is 5.91 Å². The molecule has 3 aromatic carbocycles. The first-order chi connectivity index (χ1) is 19.3. The summed E-state index contributed by atoms with van der Waals surface area (Å²) in [6, 6.07) is 18.8. The number of anilines is 1. The van der Waals surface area contributed by atoms with E-state index in [2.05, 4.69) is 19.4 Å². The molecule has 2 aromatic heterocycles. The van der Waals surface area contributed by atoms with E-state index in [0.717, 1.165) is 21.1 Å². The number of aromatic nitrogens is 3. The summed E-state index contributed by atoms with van der Waals surface area (Å²) in [7, 11) is 0. The Morgan fingerprint density at radius 3 is 2.55 bits per heavy atom. The normalized spacial score (nSPS) is 13.4. The molecule has 9 nitrogen and oxygen atoms in total. The van der Waals surface area contributed by atoms with Crippen LogP contribution in [0.5, 0.6) is 11.5 Å². The third-order valence-corrected chi connectivity index (χ3v) is 6.78. The fourth-order valence-electron chi connectivity index (χ4n) is 4.95. The SMILES string of the molecule is [C-]#[N+]c1ccc(Cn2c3ccccc3c3c(=O)n(CC(=O)N(CC)c4ccc5c(c4)OC(F)(F)O5)ncc32)cc1. The van der Waals surface area contributed by atoms with Crippen molar-refractivity contribution in [1.29, 1.82) is 0 Å². The Hall–Kier alpha value is -5.24. The molecule has 0 fully saturated rings. The standard InChI is InChI=1S/C29H21F2N5O4/c1-3-34(20-12-13-24-25(14-20)40-29(30,31)39-24)26(37)17-36-28(38)27-21-6-4-5-7-22(21)35(23(27)15-33-36)16-18-8-10-19(32-2)11-9-18/h4-15H,3,16-17H2,1H3. The average molecular weight is 542 g/mol. The number of fused-ring (bicyclic) bond motifs is 4. The quantitative estimate of drug-likeness (QED) is 0.272. The van der Waals surface area contributed by atoms with Gasteiger partial charge in [0, 0.05) is 35.7 Å². The molecular weight excluding hydrogens is 520 g/mol. The summed E-state index contributed by atoms with van der Waals surface area (Å²) in [5.41, 5.74) is 2.85. The molecule has 0 bridgehead atoms. The van der Waals surface area contributed by atoms with Gasteiger partial charge in [0.05, 0.1) is 23.7 Å². The number of halogens is 2. The van der Waals surface area contributed by atoms with Crippen LogP contribution in [0.4, 0.5) is 20.2 Å². The van der Waals surface area contributed by atoms with E-state index < -0.39 is 17.8 Å². The van der Waals surface area contributed by atoms with E-state index in [1.807, 2.05) is 41.0 Å². The van der Waals surface area contributed by atoms with Gasteiger partial charge in [-0.3, -0.25) is 9.59 Å². The van der Waals surface area contributed by atoms with Crippen molar-refractivity contribution in [2.45, 2.75) is 26.3 Å². The van der Waals surface area contributed by atoms with Crippen LogP contribution in [0.15, 0.2) is 77.7 Å². The van der Waals surface area contributed by atoms with E-state index >= 15 is 0 Å². The van der Waals surface area contributed by atoms with E-state index in [4.69, 9.17) is 6.57 Å². The molecule has 0 aliphatic carbocycles. The second kappa shape index (κ2) is 9.50. The molecule has 0 radical (unpaired) electrons. The van der Waals surface area contributed by atoms with Crippen LogP contribution < -0.4 is 19.9 Å². The lowest BCUT2D eigenvalue weighted by Gasteiger charge is -2.21. The topological polar surface area (TPSA) is 83.0 Å². The Morgan fingerprint density at radius 2 is 1.80 bits per heavy atom. The zero-order valence-corrected chi connectivity index (χ0v) is 21.2. The molecular formula is C29H21F2N5O4. The van der Waals surface area contributed by atoms with Gasteiger partial charge in [-0.05, 0) is 30.7 Å². The molecule has 0 saturated carbocycles. The highest BCUT2D eigenvalue weighted by Crippen LogP contribution is 2.42. The maximum Gasteiger partial charge on any atom is 0.586 e. The molecule has 1 aliphatic rings. The van der Waals surface area contributed by atoms with Crippen LogP contribution >= 0.6 is 0 Å². The highest BCUT2D eigenvalue weighted by molar-refractivity contribution is 6.07. The lowest BCUT2D eigenvalue weighted by Crippen LogP contribution is -2.37. The molecule has 0 saturated heterocycles. The Balaban J connectivity index is 1.34. The molecule has 1 aliphatic heterocycles. The van der Waals surface area contributed by atoms with Gasteiger partial charge in [-0.1, -0.05) is 42.5 Å². The van der Waals surface area contributed by atoms with Crippen LogP contribution in [0, 0.1) is 6.57 Å². The van der Waals surface area contributed by atoms with Gasteiger partial charge in [0.15, 0.2) is 17.2 Å². The van der Waals surface area contributed by atoms with E-state index in [9.17, 15) is 18.4 Å². The van der Waals surface area contributed by atoms with Crippen molar-refractivity contribution in [3.8, 4) is 11.5 Å². The minimum absolute atomic E-state index is 0.126. The molecule has 0 unspecified atom stereocenters. The molecule has 3 heterocycles. The van der Waals surface area contributed by atoms with Gasteiger partial charge in [-0.2, -0.15) is 5.10 Å². The van der Waals surface area contributed by atoms with Crippen LogP contribution in [0.2, 0.25) is 0 Å². The van der Waals surface area contributed by atoms with Crippen molar-refractivity contribution >= 4 is 39.1 Å². The molecule has 5 aromatic rings. The number of amides is 1. The number of hydrogen-bond donors (Lipinski definition) is 0. The smallest absolute Gasteiger partial charge is 0.395 e. The van der Waals surface area contributed by atoms with Crippen molar-refractivity contribution in [2.75, 3.05) is 11.4 Å². The Morgan fingerprint density at radius 1 is 1.05 bits per heavy atom. The van der Waals surface area contributed by atoms with Crippen molar-refractivity contribution in [1.82, 2.24) is 14.3 Å². The predicted octanol–water partition coefficient (Wildman–Crippen LogP) is 5.32. The lowest BCUT2D eigenvalue weighted by molar-refractivity contribution is -0.286. The fraction of sp³-hybridized carbons (Fsp3) is 0.172. The Labute approximate surface area is 226 Å². The van der Waals surface area contributed by atoms with Gasteiger partial charge < -0.3 is 18.9 Å². The van der Waals surface area contributed by atoms with Crippen LogP contribution in [-0.4, -0.2) is 33.1 Å². The summed E-state index contributed by atoms with van der Waals surface area (Å²) in [4.78, 5) is 31.7. The zero-order valence-electron chi connectivity index (χ0n) is 21.2. The second-order valence-corrected chi connectivity index (χ2v) is 9.19. The number of carbonyl (C=O) groups is 1. The summed E-state index contributed by atoms with van der Waals surface area (Å²) in [6.45, 7) is 9.21. The summed E-state index contributed by atoms with van der Waals surface area (Å²) in [5.74, 6) is -0.757. The van der Waals surface area contributed by atoms with E-state index in [1.54, 1.807) is 25.3 Å². The van der Waals surface area contributed by atoms with E-state index in [-0.39, 0.29) is 24.6 Å². The predicted molar refractivity (Wildman–Crippen MR) is 144 cm³/mol. The first-order valence-electron chi connectivity index (χ1n) is 12.4. The zero-order chi connectivity index (χ0) is 28.0. The maximum atomic E-state index is 13.7. The molecule has 40 heavy (non-hydrogen) atoms. The average Bonchev–Trinajstić information content (AvgIpc) is 3.43. The van der Waals surface area contributed by atoms with Crippen LogP contribution in [0.25, 0.3) is 26.7 Å². The van der Waals surface area contributed by atoms with Gasteiger partial charge in [0.1, 0.15) is 6.54 Å². The lowest BCUT2D eigenvalue weighted by atomic mass is 10.2. The number of para-hydroxylation sites is 1. The number of hydrogen-bond acceptors (Lipinski definition) is 5. The number of rotatable bonds is 6. The van der Waals surface area contributed by atoms with Crippen LogP contribution in [-0.2, 0) is 17.9 Å². The van der Waals surface area contributed by atoms with Crippen LogP contribution in [0.1, 0.15) is 12.5 Å². The molecule has 0 N–H and O–H groups in total. The van der Waals surface area contributed by atoms with Crippen molar-refractivity contribution in [3.05, 3.63) is 100 Å². The van der Waals surface area contributed by atoms with E-state index in [0.29, 0.717) is 28.8 Å². The number of carbonyl (C=O) groups excluding carboxylic acids is 1. The summed E-state index contributed by atoms with van der Waals surface area (Å²) in [6.07, 6.45) is -2.20. The van der Waals surface area contributed by atoms with Gasteiger partial charge >= 0.3 is 6.29 Å². The molecule has 1 amide bonds. The molecule has 0 spiro atoms. The number of nitrogens with zero attached hydrogens (tertiary/aromatic N) is 5. The van der Waals surface area contributed by atoms with E-state index in [1.165, 1.54) is 23.1 Å². The third kappa shape index (κ3) is 4.29. The molecule has 6 rings (SSSR count). The van der Waals surface area contributed by atoms with Gasteiger partial charge in [-0.15, -0.1) is 8.78 Å². The van der Waals surface area contributed by atoms with Crippen molar-refractivity contribution in [3.63, 3.8) is 0 Å². The monoisotopic (exact) mass is 541 g/mol. The Kier molecular flexibility index (Phi) is 5.95. The summed E-state index contributed by atoms with van der Waals surface area (Å²) < 4.78 is 38.9. The highest BCUT2D eigenvalue weighted by Gasteiger charge is 2.43. The number of benzene rings is 3. The molecule has 11 heteroatoms. The molecule has 200 valence electrons. The number of likely N-dealkylation sites (N-methyl/N-ethyl adjacent to an activating group) is 1. The summed E-state index contributed by atoms with van der Waals surface area (Å²) in [5, 5.41) is 5.48. The van der Waals surface area contributed by atoms with Crippen molar-refractivity contribution < 1.29 is 23.0 Å². The highest BCUT2D eigenvalue weighted by atomic mass is 19.3. The number of alkyl halides is 2. The van der Waals surface area contributed by atoms with Crippen LogP contribution in [0.3, 0.4) is 0 Å².